The second kappa shape index (κ2) is 6.61. The summed E-state index contributed by atoms with van der Waals surface area (Å²) in [6.07, 6.45) is 10.7. The van der Waals surface area contributed by atoms with Crippen molar-refractivity contribution in [1.29, 1.82) is 0 Å². The van der Waals surface area contributed by atoms with E-state index in [4.69, 9.17) is 4.74 Å². The molecular formula is C19H22N4O. The first-order chi connectivity index (χ1) is 11.9. The zero-order valence-electron chi connectivity index (χ0n) is 13.9. The average Bonchev–Trinajstić information content (AvgIpc) is 3.31. The summed E-state index contributed by atoms with van der Waals surface area (Å²) in [5.41, 5.74) is 2.08. The van der Waals surface area contributed by atoms with Crippen molar-refractivity contribution in [3.63, 3.8) is 0 Å². The second-order valence-electron chi connectivity index (χ2n) is 6.29. The summed E-state index contributed by atoms with van der Waals surface area (Å²) in [7, 11) is 1.81. The highest BCUT2D eigenvalue weighted by Crippen LogP contribution is 2.33. The van der Waals surface area contributed by atoms with Crippen LogP contribution in [0.2, 0.25) is 0 Å². The van der Waals surface area contributed by atoms with E-state index in [0.29, 0.717) is 12.1 Å². The minimum atomic E-state index is 0.406. The van der Waals surface area contributed by atoms with E-state index in [-0.39, 0.29) is 0 Å². The summed E-state index contributed by atoms with van der Waals surface area (Å²) in [5.74, 6) is 0.984. The van der Waals surface area contributed by atoms with E-state index in [9.17, 15) is 0 Å². The van der Waals surface area contributed by atoms with Gasteiger partial charge in [-0.15, -0.1) is 0 Å². The van der Waals surface area contributed by atoms with E-state index in [1.54, 1.807) is 0 Å². The molecule has 0 aliphatic heterocycles. The van der Waals surface area contributed by atoms with Crippen LogP contribution in [-0.2, 0) is 4.74 Å². The van der Waals surface area contributed by atoms with Crippen LogP contribution in [-0.4, -0.2) is 32.5 Å². The Kier molecular flexibility index (Phi) is 4.17. The van der Waals surface area contributed by atoms with Crippen LogP contribution in [0.4, 0.5) is 0 Å². The van der Waals surface area contributed by atoms with Crippen molar-refractivity contribution in [3.8, 4) is 17.2 Å². The van der Waals surface area contributed by atoms with Gasteiger partial charge in [0.2, 0.25) is 0 Å². The van der Waals surface area contributed by atoms with E-state index in [1.165, 1.54) is 0 Å². The Hall–Kier alpha value is -2.40. The van der Waals surface area contributed by atoms with Crippen LogP contribution in [0, 0.1) is 0 Å². The zero-order valence-corrected chi connectivity index (χ0v) is 13.9. The smallest absolute Gasteiger partial charge is 0.159 e. The molecule has 124 valence electrons. The maximum absolute atomic E-state index is 5.50. The molecule has 24 heavy (non-hydrogen) atoms. The van der Waals surface area contributed by atoms with Crippen LogP contribution in [0.15, 0.2) is 55.0 Å². The molecule has 1 fully saturated rings. The Morgan fingerprint density at radius 1 is 1.00 bits per heavy atom. The summed E-state index contributed by atoms with van der Waals surface area (Å²) >= 11 is 0. The van der Waals surface area contributed by atoms with Crippen LogP contribution in [0.5, 0.6) is 0 Å². The molecule has 0 atom stereocenters. The number of methoxy groups -OCH3 is 1. The van der Waals surface area contributed by atoms with Gasteiger partial charge in [-0.2, -0.15) is 5.10 Å². The molecule has 3 aromatic rings. The molecule has 0 bridgehead atoms. The van der Waals surface area contributed by atoms with Crippen molar-refractivity contribution < 1.29 is 4.74 Å². The zero-order chi connectivity index (χ0) is 16.4. The number of rotatable bonds is 4. The molecule has 0 N–H and O–H groups in total. The minimum Gasteiger partial charge on any atom is -0.381 e. The van der Waals surface area contributed by atoms with Gasteiger partial charge in [-0.3, -0.25) is 0 Å². The molecule has 2 aromatic heterocycles. The summed E-state index contributed by atoms with van der Waals surface area (Å²) in [6, 6.07) is 12.7. The standard InChI is InChI=1S/C19H22N4O/c1-24-17-9-7-15(8-10-17)22-14-13-20-19(22)18-11-12-21-23(18)16-5-3-2-4-6-16/h2-6,11-15,17H,7-10H2,1H3. The van der Waals surface area contributed by atoms with Crippen molar-refractivity contribution >= 4 is 0 Å². The van der Waals surface area contributed by atoms with Crippen LogP contribution < -0.4 is 0 Å². The summed E-state index contributed by atoms with van der Waals surface area (Å²) in [5, 5.41) is 4.50. The third-order valence-electron chi connectivity index (χ3n) is 4.91. The summed E-state index contributed by atoms with van der Waals surface area (Å²) in [4.78, 5) is 4.63. The lowest BCUT2D eigenvalue weighted by Gasteiger charge is -2.29. The highest BCUT2D eigenvalue weighted by atomic mass is 16.5. The van der Waals surface area contributed by atoms with Gasteiger partial charge in [0.05, 0.1) is 18.0 Å². The van der Waals surface area contributed by atoms with Gasteiger partial charge < -0.3 is 9.30 Å². The molecule has 1 saturated carbocycles. The molecule has 0 amide bonds. The SMILES string of the molecule is COC1CCC(n2ccnc2-c2ccnn2-c2ccccc2)CC1. The van der Waals surface area contributed by atoms with Gasteiger partial charge in [-0.25, -0.2) is 9.67 Å². The minimum absolute atomic E-state index is 0.406. The Bertz CT molecular complexity index is 785. The largest absolute Gasteiger partial charge is 0.381 e. The highest BCUT2D eigenvalue weighted by molar-refractivity contribution is 5.54. The van der Waals surface area contributed by atoms with E-state index in [2.05, 4.69) is 33.0 Å². The van der Waals surface area contributed by atoms with Gasteiger partial charge in [-0.05, 0) is 43.9 Å². The number of hydrogen-bond acceptors (Lipinski definition) is 3. The monoisotopic (exact) mass is 322 g/mol. The topological polar surface area (TPSA) is 44.9 Å². The number of hydrogen-bond donors (Lipinski definition) is 0. The first-order valence-corrected chi connectivity index (χ1v) is 8.52. The number of nitrogens with zero attached hydrogens (tertiary/aromatic N) is 4. The third kappa shape index (κ3) is 2.76. The molecule has 1 aliphatic rings. The van der Waals surface area contributed by atoms with Crippen LogP contribution in [0.25, 0.3) is 17.2 Å². The Balaban J connectivity index is 1.66. The lowest BCUT2D eigenvalue weighted by molar-refractivity contribution is 0.0586. The molecule has 0 spiro atoms. The molecule has 0 radical (unpaired) electrons. The van der Waals surface area contributed by atoms with Crippen molar-refractivity contribution in [2.45, 2.75) is 37.8 Å². The van der Waals surface area contributed by atoms with Gasteiger partial charge >= 0.3 is 0 Å². The fraction of sp³-hybridized carbons (Fsp3) is 0.368. The molecule has 1 aromatic carbocycles. The molecule has 2 heterocycles. The van der Waals surface area contributed by atoms with Crippen molar-refractivity contribution in [3.05, 3.63) is 55.0 Å². The van der Waals surface area contributed by atoms with Crippen LogP contribution in [0.1, 0.15) is 31.7 Å². The maximum atomic E-state index is 5.50. The fourth-order valence-corrected chi connectivity index (χ4v) is 3.61. The van der Waals surface area contributed by atoms with Gasteiger partial charge in [-0.1, -0.05) is 18.2 Å². The second-order valence-corrected chi connectivity index (χ2v) is 6.29. The predicted molar refractivity (Wildman–Crippen MR) is 93.1 cm³/mol. The molecular weight excluding hydrogens is 300 g/mol. The molecule has 0 saturated heterocycles. The summed E-state index contributed by atoms with van der Waals surface area (Å²) in [6.45, 7) is 0. The Morgan fingerprint density at radius 3 is 2.54 bits per heavy atom. The van der Waals surface area contributed by atoms with Crippen molar-refractivity contribution in [2.75, 3.05) is 7.11 Å². The summed E-state index contributed by atoms with van der Waals surface area (Å²) < 4.78 is 9.76. The van der Waals surface area contributed by atoms with Crippen molar-refractivity contribution in [1.82, 2.24) is 19.3 Å². The van der Waals surface area contributed by atoms with E-state index in [0.717, 1.165) is 42.9 Å². The van der Waals surface area contributed by atoms with Gasteiger partial charge in [0.1, 0.15) is 5.69 Å². The lowest BCUT2D eigenvalue weighted by Crippen LogP contribution is -2.23. The van der Waals surface area contributed by atoms with Crippen LogP contribution >= 0.6 is 0 Å². The van der Waals surface area contributed by atoms with Gasteiger partial charge in [0.15, 0.2) is 5.82 Å². The van der Waals surface area contributed by atoms with E-state index < -0.39 is 0 Å². The number of ether oxygens (including phenoxy) is 1. The number of benzene rings is 1. The van der Waals surface area contributed by atoms with Gasteiger partial charge in [0, 0.05) is 25.5 Å². The van der Waals surface area contributed by atoms with E-state index in [1.807, 2.05) is 48.5 Å². The Labute approximate surface area is 141 Å². The lowest BCUT2D eigenvalue weighted by atomic mass is 9.92. The van der Waals surface area contributed by atoms with E-state index >= 15 is 0 Å². The third-order valence-corrected chi connectivity index (χ3v) is 4.91. The molecule has 1 aliphatic carbocycles. The number of imidazole rings is 1. The highest BCUT2D eigenvalue weighted by Gasteiger charge is 2.24. The number of aromatic nitrogens is 4. The normalized spacial score (nSPS) is 21.0. The van der Waals surface area contributed by atoms with Crippen molar-refractivity contribution in [2.24, 2.45) is 0 Å². The number of para-hydroxylation sites is 1. The first-order valence-electron chi connectivity index (χ1n) is 8.52. The van der Waals surface area contributed by atoms with Gasteiger partial charge in [0.25, 0.3) is 0 Å². The Morgan fingerprint density at radius 2 is 1.79 bits per heavy atom. The van der Waals surface area contributed by atoms with Crippen LogP contribution in [0.3, 0.4) is 0 Å². The molecule has 5 nitrogen and oxygen atoms in total. The quantitative estimate of drug-likeness (QED) is 0.732. The average molecular weight is 322 g/mol. The first kappa shape index (κ1) is 15.1. The molecule has 0 unspecified atom stereocenters. The maximum Gasteiger partial charge on any atom is 0.159 e. The fourth-order valence-electron chi connectivity index (χ4n) is 3.61. The molecule has 4 rings (SSSR count). The molecule has 5 heteroatoms. The predicted octanol–water partition coefficient (Wildman–Crippen LogP) is 3.87.